The zero-order chi connectivity index (χ0) is 21.8. The van der Waals surface area contributed by atoms with E-state index in [1.807, 2.05) is 24.3 Å². The molecule has 3 aromatic carbocycles. The van der Waals surface area contributed by atoms with Gasteiger partial charge in [-0.3, -0.25) is 10.2 Å². The first-order valence-electron chi connectivity index (χ1n) is 9.30. The van der Waals surface area contributed by atoms with Gasteiger partial charge in [0.15, 0.2) is 0 Å². The first-order chi connectivity index (χ1) is 15.0. The van der Waals surface area contributed by atoms with Gasteiger partial charge >= 0.3 is 5.91 Å². The summed E-state index contributed by atoms with van der Waals surface area (Å²) in [6.07, 6.45) is 0. The molecule has 0 saturated heterocycles. The number of benzene rings is 3. The van der Waals surface area contributed by atoms with E-state index < -0.39 is 5.91 Å². The van der Waals surface area contributed by atoms with Gasteiger partial charge in [0.25, 0.3) is 0 Å². The monoisotopic (exact) mass is 455 g/mol. The van der Waals surface area contributed by atoms with Crippen molar-refractivity contribution in [2.45, 2.75) is 6.54 Å². The zero-order valence-electron chi connectivity index (χ0n) is 16.0. The second kappa shape index (κ2) is 9.31. The van der Waals surface area contributed by atoms with Gasteiger partial charge in [0.2, 0.25) is 5.76 Å². The highest BCUT2D eigenvalue weighted by molar-refractivity contribution is 6.33. The second-order valence-electron chi connectivity index (χ2n) is 6.69. The standard InChI is InChI=1S/C23H16Cl2FN3O2/c24-16-9-10-20(26)18(11-16)15-7-5-14(6-8-15)13-27-28-23(30)22-12-21(29-31-22)17-3-1-2-4-19(17)25/h1-12,27H,13H2,(H,28,30). The molecular weight excluding hydrogens is 440 g/mol. The molecule has 0 bridgehead atoms. The van der Waals surface area contributed by atoms with Gasteiger partial charge in [-0.05, 0) is 35.4 Å². The predicted octanol–water partition coefficient (Wildman–Crippen LogP) is 5.89. The summed E-state index contributed by atoms with van der Waals surface area (Å²) in [6.45, 7) is 0.357. The average Bonchev–Trinajstić information content (AvgIpc) is 3.26. The van der Waals surface area contributed by atoms with E-state index in [4.69, 9.17) is 27.7 Å². The Kier molecular flexibility index (Phi) is 6.32. The lowest BCUT2D eigenvalue weighted by molar-refractivity contribution is 0.0895. The fourth-order valence-electron chi connectivity index (χ4n) is 2.99. The van der Waals surface area contributed by atoms with Crippen LogP contribution in [0.4, 0.5) is 4.39 Å². The molecule has 1 amide bonds. The van der Waals surface area contributed by atoms with Gasteiger partial charge in [0.05, 0.1) is 5.02 Å². The Bertz CT molecular complexity index is 1230. The first kappa shape index (κ1) is 21.1. The van der Waals surface area contributed by atoms with Crippen LogP contribution in [0, 0.1) is 5.82 Å². The number of hydrogen-bond donors (Lipinski definition) is 2. The first-order valence-corrected chi connectivity index (χ1v) is 10.1. The number of carbonyl (C=O) groups excluding carboxylic acids is 1. The summed E-state index contributed by atoms with van der Waals surface area (Å²) in [5.74, 6) is -0.761. The van der Waals surface area contributed by atoms with E-state index in [2.05, 4.69) is 16.0 Å². The largest absolute Gasteiger partial charge is 0.350 e. The van der Waals surface area contributed by atoms with Crippen LogP contribution in [-0.4, -0.2) is 11.1 Å². The van der Waals surface area contributed by atoms with Crippen LogP contribution in [0.25, 0.3) is 22.4 Å². The van der Waals surface area contributed by atoms with Crippen LogP contribution >= 0.6 is 23.2 Å². The molecule has 2 N–H and O–H groups in total. The number of nitrogens with zero attached hydrogens (tertiary/aromatic N) is 1. The molecule has 0 atom stereocenters. The number of hydrazine groups is 1. The summed E-state index contributed by atoms with van der Waals surface area (Å²) in [6, 6.07) is 20.3. The maximum atomic E-state index is 14.0. The third-order valence-corrected chi connectivity index (χ3v) is 5.14. The van der Waals surface area contributed by atoms with Gasteiger partial charge in [-0.25, -0.2) is 9.82 Å². The van der Waals surface area contributed by atoms with E-state index in [1.54, 1.807) is 30.3 Å². The zero-order valence-corrected chi connectivity index (χ0v) is 17.5. The number of nitrogens with one attached hydrogen (secondary N) is 2. The lowest BCUT2D eigenvalue weighted by Gasteiger charge is -2.08. The highest BCUT2D eigenvalue weighted by atomic mass is 35.5. The topological polar surface area (TPSA) is 67.2 Å². The van der Waals surface area contributed by atoms with Gasteiger partial charge < -0.3 is 4.52 Å². The molecule has 5 nitrogen and oxygen atoms in total. The Labute approximate surface area is 187 Å². The van der Waals surface area contributed by atoms with Crippen LogP contribution < -0.4 is 10.9 Å². The summed E-state index contributed by atoms with van der Waals surface area (Å²) in [4.78, 5) is 12.3. The number of rotatable bonds is 6. The van der Waals surface area contributed by atoms with Crippen LogP contribution in [0.1, 0.15) is 16.1 Å². The summed E-state index contributed by atoms with van der Waals surface area (Å²) in [7, 11) is 0. The van der Waals surface area contributed by atoms with E-state index in [1.165, 1.54) is 18.2 Å². The number of halogens is 3. The SMILES string of the molecule is O=C(NNCc1ccc(-c2cc(Cl)ccc2F)cc1)c1cc(-c2ccccc2Cl)no1. The maximum absolute atomic E-state index is 14.0. The Hall–Kier alpha value is -3.19. The quantitative estimate of drug-likeness (QED) is 0.355. The second-order valence-corrected chi connectivity index (χ2v) is 7.53. The van der Waals surface area contributed by atoms with Crippen molar-refractivity contribution in [3.05, 3.63) is 100.0 Å². The van der Waals surface area contributed by atoms with Crippen molar-refractivity contribution < 1.29 is 13.7 Å². The molecule has 4 rings (SSSR count). The number of aromatic nitrogens is 1. The molecular formula is C23H16Cl2FN3O2. The maximum Gasteiger partial charge on any atom is 0.303 e. The van der Waals surface area contributed by atoms with Gasteiger partial charge in [-0.2, -0.15) is 0 Å². The Morgan fingerprint density at radius 3 is 2.52 bits per heavy atom. The molecule has 0 aliphatic heterocycles. The smallest absolute Gasteiger partial charge is 0.303 e. The van der Waals surface area contributed by atoms with E-state index in [0.717, 1.165) is 5.56 Å². The lowest BCUT2D eigenvalue weighted by atomic mass is 10.0. The van der Waals surface area contributed by atoms with Crippen LogP contribution in [-0.2, 0) is 6.54 Å². The van der Waals surface area contributed by atoms with E-state index in [-0.39, 0.29) is 11.6 Å². The predicted molar refractivity (Wildman–Crippen MR) is 118 cm³/mol. The molecule has 1 aromatic heterocycles. The summed E-state index contributed by atoms with van der Waals surface area (Å²) < 4.78 is 19.1. The average molecular weight is 456 g/mol. The van der Waals surface area contributed by atoms with Crippen LogP contribution in [0.2, 0.25) is 10.0 Å². The van der Waals surface area contributed by atoms with Crippen molar-refractivity contribution >= 4 is 29.1 Å². The van der Waals surface area contributed by atoms with Crippen LogP contribution in [0.3, 0.4) is 0 Å². The van der Waals surface area contributed by atoms with Crippen molar-refractivity contribution in [1.82, 2.24) is 16.0 Å². The lowest BCUT2D eigenvalue weighted by Crippen LogP contribution is -2.36. The minimum Gasteiger partial charge on any atom is -0.350 e. The van der Waals surface area contributed by atoms with Crippen molar-refractivity contribution in [2.75, 3.05) is 0 Å². The highest BCUT2D eigenvalue weighted by Crippen LogP contribution is 2.27. The number of hydrogen-bond acceptors (Lipinski definition) is 4. The molecule has 156 valence electrons. The van der Waals surface area contributed by atoms with E-state index >= 15 is 0 Å². The van der Waals surface area contributed by atoms with Crippen molar-refractivity contribution in [3.8, 4) is 22.4 Å². The molecule has 0 radical (unpaired) electrons. The molecule has 0 aliphatic carbocycles. The van der Waals surface area contributed by atoms with E-state index in [9.17, 15) is 9.18 Å². The van der Waals surface area contributed by atoms with E-state index in [0.29, 0.717) is 39.0 Å². The van der Waals surface area contributed by atoms with Gasteiger partial charge in [0, 0.05) is 28.8 Å². The van der Waals surface area contributed by atoms with Gasteiger partial charge in [0.1, 0.15) is 11.5 Å². The Morgan fingerprint density at radius 2 is 1.74 bits per heavy atom. The summed E-state index contributed by atoms with van der Waals surface area (Å²) in [5.41, 5.74) is 8.57. The number of carbonyl (C=O) groups is 1. The molecule has 0 fully saturated rings. The Balaban J connectivity index is 1.35. The highest BCUT2D eigenvalue weighted by Gasteiger charge is 2.15. The fourth-order valence-corrected chi connectivity index (χ4v) is 3.39. The minimum absolute atomic E-state index is 0.0502. The van der Waals surface area contributed by atoms with Gasteiger partial charge in [-0.15, -0.1) is 0 Å². The van der Waals surface area contributed by atoms with Crippen molar-refractivity contribution in [3.63, 3.8) is 0 Å². The molecule has 8 heteroatoms. The van der Waals surface area contributed by atoms with Crippen molar-refractivity contribution in [2.24, 2.45) is 0 Å². The van der Waals surface area contributed by atoms with Crippen LogP contribution in [0.15, 0.2) is 77.3 Å². The molecule has 0 unspecified atom stereocenters. The third-order valence-electron chi connectivity index (χ3n) is 4.57. The molecule has 0 aliphatic rings. The van der Waals surface area contributed by atoms with Crippen LogP contribution in [0.5, 0.6) is 0 Å². The molecule has 0 spiro atoms. The fraction of sp³-hybridized carbons (Fsp3) is 0.0435. The number of amides is 1. The molecule has 4 aromatic rings. The molecule has 0 saturated carbocycles. The normalized spacial score (nSPS) is 10.8. The molecule has 1 heterocycles. The minimum atomic E-state index is -0.469. The van der Waals surface area contributed by atoms with Gasteiger partial charge in [-0.1, -0.05) is 70.8 Å². The van der Waals surface area contributed by atoms with Crippen molar-refractivity contribution in [1.29, 1.82) is 0 Å². The third kappa shape index (κ3) is 4.94. The summed E-state index contributed by atoms with van der Waals surface area (Å²) in [5, 5.41) is 4.88. The Morgan fingerprint density at radius 1 is 0.968 bits per heavy atom. The molecule has 31 heavy (non-hydrogen) atoms. The summed E-state index contributed by atoms with van der Waals surface area (Å²) >= 11 is 12.1.